The first-order valence-corrected chi connectivity index (χ1v) is 3.68. The van der Waals surface area contributed by atoms with E-state index >= 15 is 0 Å². The maximum atomic E-state index is 9.97. The van der Waals surface area contributed by atoms with Crippen molar-refractivity contribution in [3.63, 3.8) is 0 Å². The minimum Gasteiger partial charge on any atom is -0.480 e. The topological polar surface area (TPSA) is 124 Å². The molecular formula is C4H9NO6S. The van der Waals surface area contributed by atoms with Gasteiger partial charge in [-0.1, -0.05) is 0 Å². The Labute approximate surface area is 70.9 Å². The monoisotopic (exact) mass is 199 g/mol. The van der Waals surface area contributed by atoms with Gasteiger partial charge in [0.15, 0.2) is 0 Å². The van der Waals surface area contributed by atoms with Crippen LogP contribution in [0, 0.1) is 0 Å². The summed E-state index contributed by atoms with van der Waals surface area (Å²) in [6.45, 7) is 0.971. The zero-order valence-electron chi connectivity index (χ0n) is 6.18. The van der Waals surface area contributed by atoms with Crippen LogP contribution in [0.4, 0.5) is 0 Å². The van der Waals surface area contributed by atoms with Gasteiger partial charge in [0, 0.05) is 6.92 Å². The number of hydrogen-bond acceptors (Lipinski definition) is 3. The molecule has 0 aliphatic rings. The normalized spacial score (nSPS) is 8.33. The molecule has 7 nitrogen and oxygen atoms in total. The summed E-state index contributed by atoms with van der Waals surface area (Å²) in [6.07, 6.45) is 0. The average Bonchev–Trinajstić information content (AvgIpc) is 1.82. The molecule has 0 bridgehead atoms. The molecule has 0 unspecified atom stereocenters. The van der Waals surface area contributed by atoms with Gasteiger partial charge in [0.25, 0.3) is 11.4 Å². The van der Waals surface area contributed by atoms with Crippen LogP contribution in [0.5, 0.6) is 0 Å². The first-order valence-electron chi connectivity index (χ1n) is 2.62. The van der Waals surface area contributed by atoms with Crippen LogP contribution in [0.25, 0.3) is 0 Å². The van der Waals surface area contributed by atoms with E-state index < -0.39 is 17.3 Å². The van der Waals surface area contributed by atoms with Crippen LogP contribution in [-0.4, -0.2) is 36.8 Å². The minimum absolute atomic E-state index is 0.296. The van der Waals surface area contributed by atoms with Gasteiger partial charge in [-0.25, -0.2) is 0 Å². The lowest BCUT2D eigenvalue weighted by atomic mass is 10.6. The molecule has 0 rings (SSSR count). The number of amides is 1. The lowest BCUT2D eigenvalue weighted by molar-refractivity contribution is -0.137. The number of carboxylic acid groups (broad SMARTS) is 1. The standard InChI is InChI=1S/C4H7NO3.H2O3S/c1-3(6)5-2-4(7)8;1-4(2)3/h2H2,1H3,(H,5,6)(H,7,8);(H2,1,2,3). The second-order valence-electron chi connectivity index (χ2n) is 1.53. The summed E-state index contributed by atoms with van der Waals surface area (Å²) in [4.78, 5) is 19.7. The maximum Gasteiger partial charge on any atom is 0.322 e. The lowest BCUT2D eigenvalue weighted by Crippen LogP contribution is -2.26. The third kappa shape index (κ3) is 36.0. The van der Waals surface area contributed by atoms with Gasteiger partial charge in [0.1, 0.15) is 6.54 Å². The number of carboxylic acids is 1. The predicted molar refractivity (Wildman–Crippen MR) is 39.7 cm³/mol. The molecule has 72 valence electrons. The number of hydrogen-bond donors (Lipinski definition) is 4. The third-order valence-corrected chi connectivity index (χ3v) is 0.489. The minimum atomic E-state index is -2.61. The first-order chi connectivity index (χ1) is 5.36. The lowest BCUT2D eigenvalue weighted by Gasteiger charge is -1.92. The van der Waals surface area contributed by atoms with Gasteiger partial charge in [0.2, 0.25) is 5.91 Å². The highest BCUT2D eigenvalue weighted by Gasteiger charge is 1.94. The zero-order chi connectivity index (χ0) is 10.1. The molecule has 0 aromatic heterocycles. The summed E-state index contributed by atoms with van der Waals surface area (Å²) in [5.41, 5.74) is 0. The molecule has 0 saturated carbocycles. The summed E-state index contributed by atoms with van der Waals surface area (Å²) in [6, 6.07) is 0. The van der Waals surface area contributed by atoms with Crippen LogP contribution in [0.15, 0.2) is 0 Å². The largest absolute Gasteiger partial charge is 0.480 e. The van der Waals surface area contributed by atoms with Gasteiger partial charge in [0.05, 0.1) is 0 Å². The fraction of sp³-hybridized carbons (Fsp3) is 0.500. The molecule has 1 amide bonds. The van der Waals surface area contributed by atoms with Crippen molar-refractivity contribution in [3.05, 3.63) is 0 Å². The van der Waals surface area contributed by atoms with Crippen molar-refractivity contribution in [2.75, 3.05) is 6.54 Å². The molecule has 0 atom stereocenters. The van der Waals surface area contributed by atoms with Crippen LogP contribution in [0.1, 0.15) is 6.92 Å². The number of carbonyl (C=O) groups is 2. The molecule has 0 aromatic rings. The molecule has 0 aliphatic carbocycles. The molecule has 4 N–H and O–H groups in total. The molecule has 8 heteroatoms. The molecule has 0 saturated heterocycles. The first kappa shape index (κ1) is 13.6. The molecule has 12 heavy (non-hydrogen) atoms. The Morgan fingerprint density at radius 2 is 1.75 bits per heavy atom. The second-order valence-corrected chi connectivity index (χ2v) is 2.00. The summed E-state index contributed by atoms with van der Waals surface area (Å²) in [5.74, 6) is -1.35. The van der Waals surface area contributed by atoms with Crippen molar-refractivity contribution in [2.24, 2.45) is 0 Å². The molecule has 0 heterocycles. The summed E-state index contributed by atoms with van der Waals surface area (Å²) in [5, 5.41) is 10.1. The van der Waals surface area contributed by atoms with E-state index in [2.05, 4.69) is 5.32 Å². The van der Waals surface area contributed by atoms with Crippen LogP contribution in [-0.2, 0) is 21.0 Å². The van der Waals surface area contributed by atoms with Crippen molar-refractivity contribution >= 4 is 23.2 Å². The molecule has 0 radical (unpaired) electrons. The number of carbonyl (C=O) groups excluding carboxylic acids is 1. The van der Waals surface area contributed by atoms with E-state index in [-0.39, 0.29) is 12.5 Å². The number of aliphatic carboxylic acids is 1. The van der Waals surface area contributed by atoms with Crippen LogP contribution in [0.3, 0.4) is 0 Å². The van der Waals surface area contributed by atoms with Crippen molar-refractivity contribution in [1.29, 1.82) is 0 Å². The zero-order valence-corrected chi connectivity index (χ0v) is 7.00. The average molecular weight is 199 g/mol. The quantitative estimate of drug-likeness (QED) is 0.418. The van der Waals surface area contributed by atoms with E-state index in [0.717, 1.165) is 0 Å². The number of nitrogens with one attached hydrogen (secondary N) is 1. The molecule has 0 fully saturated rings. The fourth-order valence-corrected chi connectivity index (χ4v) is 0.200. The molecular weight excluding hydrogens is 190 g/mol. The van der Waals surface area contributed by atoms with Crippen LogP contribution >= 0.6 is 0 Å². The van der Waals surface area contributed by atoms with Crippen molar-refractivity contribution < 1.29 is 28.0 Å². The van der Waals surface area contributed by atoms with E-state index in [1.54, 1.807) is 0 Å². The summed E-state index contributed by atoms with van der Waals surface area (Å²) >= 11 is -2.61. The Bertz CT molecular complexity index is 162. The summed E-state index contributed by atoms with van der Waals surface area (Å²) in [7, 11) is 0. The van der Waals surface area contributed by atoms with E-state index in [9.17, 15) is 9.59 Å². The maximum absolute atomic E-state index is 9.97. The van der Waals surface area contributed by atoms with Gasteiger partial charge in [-0.05, 0) is 0 Å². The highest BCUT2D eigenvalue weighted by Crippen LogP contribution is 1.60. The van der Waals surface area contributed by atoms with Gasteiger partial charge in [-0.2, -0.15) is 4.21 Å². The van der Waals surface area contributed by atoms with Crippen molar-refractivity contribution in [2.45, 2.75) is 6.92 Å². The van der Waals surface area contributed by atoms with Crippen molar-refractivity contribution in [1.82, 2.24) is 5.32 Å². The Hall–Kier alpha value is -0.990. The summed E-state index contributed by atoms with van der Waals surface area (Å²) < 4.78 is 22.8. The fourth-order valence-electron chi connectivity index (χ4n) is 0.200. The smallest absolute Gasteiger partial charge is 0.322 e. The SMILES string of the molecule is CC(=O)NCC(=O)O.O=S(O)O. The molecule has 0 aliphatic heterocycles. The van der Waals surface area contributed by atoms with Gasteiger partial charge >= 0.3 is 5.97 Å². The van der Waals surface area contributed by atoms with E-state index in [4.69, 9.17) is 18.4 Å². The highest BCUT2D eigenvalue weighted by atomic mass is 32.2. The second kappa shape index (κ2) is 8.11. The predicted octanol–water partition coefficient (Wildman–Crippen LogP) is -1.11. The Kier molecular flexibility index (Phi) is 9.18. The molecule has 0 spiro atoms. The highest BCUT2D eigenvalue weighted by molar-refractivity contribution is 7.73. The Morgan fingerprint density at radius 1 is 1.42 bits per heavy atom. The van der Waals surface area contributed by atoms with Gasteiger partial charge in [-0.3, -0.25) is 18.7 Å². The van der Waals surface area contributed by atoms with E-state index in [1.165, 1.54) is 6.92 Å². The van der Waals surface area contributed by atoms with E-state index in [0.29, 0.717) is 0 Å². The third-order valence-electron chi connectivity index (χ3n) is 0.489. The Balaban J connectivity index is 0. The van der Waals surface area contributed by atoms with E-state index in [1.807, 2.05) is 0 Å². The van der Waals surface area contributed by atoms with Crippen LogP contribution in [0.2, 0.25) is 0 Å². The van der Waals surface area contributed by atoms with Crippen LogP contribution < -0.4 is 5.32 Å². The number of rotatable bonds is 2. The van der Waals surface area contributed by atoms with Crippen molar-refractivity contribution in [3.8, 4) is 0 Å². The molecule has 0 aromatic carbocycles. The Morgan fingerprint density at radius 3 is 1.83 bits per heavy atom. The van der Waals surface area contributed by atoms with Gasteiger partial charge in [-0.15, -0.1) is 0 Å². The van der Waals surface area contributed by atoms with Gasteiger partial charge < -0.3 is 10.4 Å².